The van der Waals surface area contributed by atoms with E-state index in [2.05, 4.69) is 35.5 Å². The second-order valence-corrected chi connectivity index (χ2v) is 8.12. The van der Waals surface area contributed by atoms with Gasteiger partial charge in [0, 0.05) is 6.61 Å². The zero-order valence-corrected chi connectivity index (χ0v) is 14.0. The second-order valence-electron chi connectivity index (χ2n) is 8.12. The van der Waals surface area contributed by atoms with Gasteiger partial charge in [-0.05, 0) is 49.8 Å². The summed E-state index contributed by atoms with van der Waals surface area (Å²) >= 11 is 0. The van der Waals surface area contributed by atoms with Crippen molar-refractivity contribution in [3.63, 3.8) is 0 Å². The third-order valence-corrected chi connectivity index (χ3v) is 5.28. The summed E-state index contributed by atoms with van der Waals surface area (Å²) in [5.41, 5.74) is -0.708. The number of hydrogen-bond donors (Lipinski definition) is 1. The molecule has 0 heterocycles. The standard InChI is InChI=1S/C16H33BO2/c1-11(2)13-8-7-12(3)9-14(13)19-10-16(6,17)15(4,5)18/h11-14,18H,7-10,17H2,1-6H3. The van der Waals surface area contributed by atoms with Crippen molar-refractivity contribution in [2.24, 2.45) is 17.8 Å². The third kappa shape index (κ3) is 4.49. The lowest BCUT2D eigenvalue weighted by Gasteiger charge is -2.42. The SMILES string of the molecule is BC(C)(COC1CC(C)CCC1C(C)C)C(C)(C)O. The molecule has 0 amide bonds. The average Bonchev–Trinajstić information content (AvgIpc) is 2.24. The molecule has 0 aromatic rings. The maximum atomic E-state index is 10.2. The first-order chi connectivity index (χ1) is 8.54. The molecule has 0 aliphatic heterocycles. The minimum absolute atomic E-state index is 0.213. The molecule has 1 aliphatic rings. The van der Waals surface area contributed by atoms with Gasteiger partial charge in [-0.15, -0.1) is 0 Å². The highest BCUT2D eigenvalue weighted by Gasteiger charge is 2.38. The van der Waals surface area contributed by atoms with Crippen LogP contribution in [0.25, 0.3) is 0 Å². The number of hydrogen-bond acceptors (Lipinski definition) is 2. The first-order valence-corrected chi connectivity index (χ1v) is 7.88. The maximum absolute atomic E-state index is 10.2. The van der Waals surface area contributed by atoms with Gasteiger partial charge in [0.15, 0.2) is 0 Å². The quantitative estimate of drug-likeness (QED) is 0.776. The van der Waals surface area contributed by atoms with Crippen molar-refractivity contribution in [1.82, 2.24) is 0 Å². The number of rotatable bonds is 5. The summed E-state index contributed by atoms with van der Waals surface area (Å²) in [5, 5.41) is 10.0. The lowest BCUT2D eigenvalue weighted by atomic mass is 9.61. The smallest absolute Gasteiger partial charge is 0.115 e. The summed E-state index contributed by atoms with van der Waals surface area (Å²) in [6, 6.07) is 0. The van der Waals surface area contributed by atoms with Crippen LogP contribution in [0.5, 0.6) is 0 Å². The molecule has 1 fully saturated rings. The van der Waals surface area contributed by atoms with Gasteiger partial charge in [-0.2, -0.15) is 0 Å². The van der Waals surface area contributed by atoms with Crippen LogP contribution in [-0.2, 0) is 4.74 Å². The van der Waals surface area contributed by atoms with Crippen LogP contribution in [0.2, 0.25) is 5.31 Å². The Kier molecular flexibility index (Phi) is 5.54. The first-order valence-electron chi connectivity index (χ1n) is 7.88. The van der Waals surface area contributed by atoms with Crippen molar-refractivity contribution in [2.45, 2.75) is 77.8 Å². The van der Waals surface area contributed by atoms with E-state index in [1.165, 1.54) is 19.3 Å². The molecule has 0 bridgehead atoms. The number of ether oxygens (including phenoxy) is 1. The second kappa shape index (κ2) is 6.18. The minimum atomic E-state index is -0.708. The van der Waals surface area contributed by atoms with E-state index < -0.39 is 5.60 Å². The van der Waals surface area contributed by atoms with E-state index in [9.17, 15) is 5.11 Å². The fourth-order valence-corrected chi connectivity index (χ4v) is 2.80. The number of aliphatic hydroxyl groups is 1. The molecule has 0 aromatic heterocycles. The van der Waals surface area contributed by atoms with E-state index in [1.54, 1.807) is 0 Å². The zero-order valence-electron chi connectivity index (χ0n) is 14.0. The Morgan fingerprint density at radius 1 is 1.26 bits per heavy atom. The van der Waals surface area contributed by atoms with Gasteiger partial charge in [0.25, 0.3) is 0 Å². The van der Waals surface area contributed by atoms with Crippen molar-refractivity contribution in [1.29, 1.82) is 0 Å². The van der Waals surface area contributed by atoms with Gasteiger partial charge in [-0.1, -0.05) is 34.1 Å². The molecular weight excluding hydrogens is 235 g/mol. The molecule has 2 nitrogen and oxygen atoms in total. The Labute approximate surface area is 120 Å². The molecule has 112 valence electrons. The van der Waals surface area contributed by atoms with Crippen LogP contribution in [0.4, 0.5) is 0 Å². The van der Waals surface area contributed by atoms with Crippen LogP contribution in [0, 0.1) is 17.8 Å². The third-order valence-electron chi connectivity index (χ3n) is 5.28. The molecule has 4 atom stereocenters. The van der Waals surface area contributed by atoms with Crippen molar-refractivity contribution >= 4 is 7.85 Å². The lowest BCUT2D eigenvalue weighted by molar-refractivity contribution is -0.0764. The lowest BCUT2D eigenvalue weighted by Crippen LogP contribution is -2.42. The molecule has 0 radical (unpaired) electrons. The predicted molar refractivity (Wildman–Crippen MR) is 84.3 cm³/mol. The summed E-state index contributed by atoms with van der Waals surface area (Å²) in [6.45, 7) is 13.4. The van der Waals surface area contributed by atoms with Crippen LogP contribution >= 0.6 is 0 Å². The molecular formula is C16H33BO2. The maximum Gasteiger partial charge on any atom is 0.115 e. The first kappa shape index (κ1) is 17.0. The highest BCUT2D eigenvalue weighted by atomic mass is 16.5. The van der Waals surface area contributed by atoms with E-state index in [0.29, 0.717) is 24.5 Å². The summed E-state index contributed by atoms with van der Waals surface area (Å²) in [6.07, 6.45) is 4.15. The Balaban J connectivity index is 2.63. The van der Waals surface area contributed by atoms with E-state index in [0.717, 1.165) is 5.92 Å². The zero-order chi connectivity index (χ0) is 14.8. The van der Waals surface area contributed by atoms with E-state index in [1.807, 2.05) is 13.8 Å². The average molecular weight is 268 g/mol. The molecule has 0 spiro atoms. The van der Waals surface area contributed by atoms with Gasteiger partial charge in [-0.3, -0.25) is 0 Å². The van der Waals surface area contributed by atoms with Crippen molar-refractivity contribution in [3.8, 4) is 0 Å². The molecule has 1 N–H and O–H groups in total. The van der Waals surface area contributed by atoms with Crippen molar-refractivity contribution in [3.05, 3.63) is 0 Å². The van der Waals surface area contributed by atoms with E-state index in [-0.39, 0.29) is 5.31 Å². The highest BCUT2D eigenvalue weighted by molar-refractivity contribution is 6.15. The van der Waals surface area contributed by atoms with Gasteiger partial charge in [0.2, 0.25) is 0 Å². The van der Waals surface area contributed by atoms with Crippen LogP contribution in [-0.4, -0.2) is 31.3 Å². The molecule has 19 heavy (non-hydrogen) atoms. The highest BCUT2D eigenvalue weighted by Crippen LogP contribution is 2.39. The molecule has 0 saturated heterocycles. The van der Waals surface area contributed by atoms with Crippen LogP contribution in [0.1, 0.15) is 60.8 Å². The molecule has 0 aromatic carbocycles. The fraction of sp³-hybridized carbons (Fsp3) is 1.00. The normalized spacial score (nSPS) is 32.3. The van der Waals surface area contributed by atoms with E-state index >= 15 is 0 Å². The van der Waals surface area contributed by atoms with Crippen molar-refractivity contribution in [2.75, 3.05) is 6.61 Å². The summed E-state index contributed by atoms with van der Waals surface area (Å²) in [4.78, 5) is 0. The molecule has 4 unspecified atom stereocenters. The van der Waals surface area contributed by atoms with Crippen LogP contribution < -0.4 is 0 Å². The topological polar surface area (TPSA) is 29.5 Å². The van der Waals surface area contributed by atoms with Crippen LogP contribution in [0.15, 0.2) is 0 Å². The summed E-state index contributed by atoms with van der Waals surface area (Å²) in [7, 11) is 2.09. The van der Waals surface area contributed by atoms with Gasteiger partial charge in [0.1, 0.15) is 7.85 Å². The Hall–Kier alpha value is -0.0151. The van der Waals surface area contributed by atoms with Gasteiger partial charge < -0.3 is 9.84 Å². The fourth-order valence-electron chi connectivity index (χ4n) is 2.80. The van der Waals surface area contributed by atoms with Crippen LogP contribution in [0.3, 0.4) is 0 Å². The Bertz CT molecular complexity index is 281. The van der Waals surface area contributed by atoms with Crippen molar-refractivity contribution < 1.29 is 9.84 Å². The largest absolute Gasteiger partial charge is 0.391 e. The molecule has 1 saturated carbocycles. The summed E-state index contributed by atoms with van der Waals surface area (Å²) in [5.74, 6) is 2.13. The van der Waals surface area contributed by atoms with Gasteiger partial charge in [0.05, 0.1) is 11.7 Å². The van der Waals surface area contributed by atoms with Gasteiger partial charge in [-0.25, -0.2) is 0 Å². The Morgan fingerprint density at radius 3 is 2.32 bits per heavy atom. The summed E-state index contributed by atoms with van der Waals surface area (Å²) < 4.78 is 6.26. The molecule has 1 aliphatic carbocycles. The minimum Gasteiger partial charge on any atom is -0.391 e. The Morgan fingerprint density at radius 2 is 1.84 bits per heavy atom. The van der Waals surface area contributed by atoms with E-state index in [4.69, 9.17) is 4.74 Å². The molecule has 3 heteroatoms. The molecule has 1 rings (SSSR count). The monoisotopic (exact) mass is 268 g/mol. The van der Waals surface area contributed by atoms with Gasteiger partial charge >= 0.3 is 0 Å². The predicted octanol–water partition coefficient (Wildman–Crippen LogP) is 3.05.